The summed E-state index contributed by atoms with van der Waals surface area (Å²) in [6.45, 7) is 0.845. The topological polar surface area (TPSA) is 57.6 Å². The number of benzene rings is 1. The van der Waals surface area contributed by atoms with E-state index >= 15 is 0 Å². The van der Waals surface area contributed by atoms with Crippen molar-refractivity contribution in [1.82, 2.24) is 4.90 Å². The van der Waals surface area contributed by atoms with E-state index in [1.165, 1.54) is 19.3 Å². The van der Waals surface area contributed by atoms with Crippen molar-refractivity contribution in [3.63, 3.8) is 0 Å². The SMILES string of the molecule is O=C(O)c1ccc(CC(=O)N2CCSC3CCCCC32)cc1. The first-order valence-electron chi connectivity index (χ1n) is 7.88. The summed E-state index contributed by atoms with van der Waals surface area (Å²) < 4.78 is 0. The Morgan fingerprint density at radius 1 is 1.18 bits per heavy atom. The van der Waals surface area contributed by atoms with Crippen molar-refractivity contribution in [2.24, 2.45) is 0 Å². The summed E-state index contributed by atoms with van der Waals surface area (Å²) in [4.78, 5) is 25.6. The molecule has 118 valence electrons. The van der Waals surface area contributed by atoms with Crippen LogP contribution in [0, 0.1) is 0 Å². The summed E-state index contributed by atoms with van der Waals surface area (Å²) in [5.74, 6) is 0.279. The molecule has 0 radical (unpaired) electrons. The standard InChI is InChI=1S/C17H21NO3S/c19-16(11-12-5-7-13(8-6-12)17(20)21)18-9-10-22-15-4-2-1-3-14(15)18/h5-8,14-15H,1-4,9-11H2,(H,20,21). The van der Waals surface area contributed by atoms with Gasteiger partial charge in [-0.25, -0.2) is 4.79 Å². The minimum absolute atomic E-state index is 0.181. The molecule has 1 aliphatic heterocycles. The van der Waals surface area contributed by atoms with E-state index < -0.39 is 5.97 Å². The van der Waals surface area contributed by atoms with Crippen LogP contribution in [0.4, 0.5) is 0 Å². The van der Waals surface area contributed by atoms with E-state index in [1.54, 1.807) is 24.3 Å². The van der Waals surface area contributed by atoms with Gasteiger partial charge in [-0.15, -0.1) is 0 Å². The van der Waals surface area contributed by atoms with Gasteiger partial charge in [0.05, 0.1) is 12.0 Å². The highest BCUT2D eigenvalue weighted by Crippen LogP contribution is 2.35. The van der Waals surface area contributed by atoms with Crippen LogP contribution in [0.5, 0.6) is 0 Å². The molecule has 2 aliphatic rings. The van der Waals surface area contributed by atoms with Crippen LogP contribution < -0.4 is 0 Å². The van der Waals surface area contributed by atoms with Crippen molar-refractivity contribution >= 4 is 23.6 Å². The second-order valence-corrected chi connectivity index (χ2v) is 7.37. The van der Waals surface area contributed by atoms with Crippen molar-refractivity contribution in [3.05, 3.63) is 35.4 Å². The zero-order valence-corrected chi connectivity index (χ0v) is 13.3. The number of carboxylic acids is 1. The van der Waals surface area contributed by atoms with Crippen molar-refractivity contribution in [2.75, 3.05) is 12.3 Å². The van der Waals surface area contributed by atoms with Crippen LogP contribution in [0.3, 0.4) is 0 Å². The molecule has 1 aliphatic carbocycles. The largest absolute Gasteiger partial charge is 0.478 e. The molecule has 1 aromatic rings. The number of hydrogen-bond donors (Lipinski definition) is 1. The Labute approximate surface area is 134 Å². The molecule has 2 fully saturated rings. The van der Waals surface area contributed by atoms with Gasteiger partial charge in [0.15, 0.2) is 0 Å². The number of amides is 1. The average molecular weight is 319 g/mol. The minimum Gasteiger partial charge on any atom is -0.478 e. The fourth-order valence-electron chi connectivity index (χ4n) is 3.45. The van der Waals surface area contributed by atoms with Crippen LogP contribution in [0.25, 0.3) is 0 Å². The molecule has 5 heteroatoms. The molecule has 2 unspecified atom stereocenters. The molecule has 2 atom stereocenters. The highest BCUT2D eigenvalue weighted by Gasteiger charge is 2.35. The van der Waals surface area contributed by atoms with Gasteiger partial charge in [-0.3, -0.25) is 4.79 Å². The van der Waals surface area contributed by atoms with Gasteiger partial charge in [-0.1, -0.05) is 25.0 Å². The molecule has 1 amide bonds. The lowest BCUT2D eigenvalue weighted by atomic mass is 9.93. The molecule has 1 aromatic carbocycles. The number of aromatic carboxylic acids is 1. The predicted molar refractivity (Wildman–Crippen MR) is 87.3 cm³/mol. The number of carboxylic acid groups (broad SMARTS) is 1. The second-order valence-electron chi connectivity index (χ2n) is 6.03. The quantitative estimate of drug-likeness (QED) is 0.931. The maximum atomic E-state index is 12.6. The van der Waals surface area contributed by atoms with Gasteiger partial charge in [-0.05, 0) is 30.5 Å². The highest BCUT2D eigenvalue weighted by molar-refractivity contribution is 8.00. The summed E-state index contributed by atoms with van der Waals surface area (Å²) in [5, 5.41) is 9.53. The number of thioether (sulfide) groups is 1. The van der Waals surface area contributed by atoms with E-state index in [0.29, 0.717) is 17.7 Å². The Morgan fingerprint density at radius 2 is 1.91 bits per heavy atom. The first-order chi connectivity index (χ1) is 10.6. The normalized spacial score (nSPS) is 24.6. The second kappa shape index (κ2) is 6.73. The summed E-state index contributed by atoms with van der Waals surface area (Å²) in [7, 11) is 0. The van der Waals surface area contributed by atoms with Gasteiger partial charge in [-0.2, -0.15) is 11.8 Å². The minimum atomic E-state index is -0.934. The number of fused-ring (bicyclic) bond motifs is 1. The third kappa shape index (κ3) is 3.29. The third-order valence-electron chi connectivity index (χ3n) is 4.61. The first-order valence-corrected chi connectivity index (χ1v) is 8.93. The molecular formula is C17H21NO3S. The van der Waals surface area contributed by atoms with E-state index in [1.807, 2.05) is 11.8 Å². The third-order valence-corrected chi connectivity index (χ3v) is 6.01. The van der Waals surface area contributed by atoms with E-state index in [-0.39, 0.29) is 11.5 Å². The summed E-state index contributed by atoms with van der Waals surface area (Å²) in [5.41, 5.74) is 1.15. The maximum absolute atomic E-state index is 12.6. The molecule has 3 rings (SSSR count). The fourth-order valence-corrected chi connectivity index (χ4v) is 4.89. The molecule has 0 aromatic heterocycles. The molecule has 0 bridgehead atoms. The molecular weight excluding hydrogens is 298 g/mol. The average Bonchev–Trinajstić information content (AvgIpc) is 2.54. The van der Waals surface area contributed by atoms with Gasteiger partial charge < -0.3 is 10.0 Å². The molecule has 1 saturated heterocycles. The number of hydrogen-bond acceptors (Lipinski definition) is 3. The number of carbonyl (C=O) groups is 2. The molecule has 4 nitrogen and oxygen atoms in total. The lowest BCUT2D eigenvalue weighted by Gasteiger charge is -2.43. The molecule has 1 saturated carbocycles. The Morgan fingerprint density at radius 3 is 2.64 bits per heavy atom. The van der Waals surface area contributed by atoms with Crippen LogP contribution in [-0.4, -0.2) is 45.5 Å². The van der Waals surface area contributed by atoms with Crippen molar-refractivity contribution in [2.45, 2.75) is 43.4 Å². The summed E-state index contributed by atoms with van der Waals surface area (Å²) in [6.07, 6.45) is 5.23. The lowest BCUT2D eigenvalue weighted by Crippen LogP contribution is -2.52. The lowest BCUT2D eigenvalue weighted by molar-refractivity contribution is -0.133. The molecule has 22 heavy (non-hydrogen) atoms. The van der Waals surface area contributed by atoms with Crippen LogP contribution >= 0.6 is 11.8 Å². The van der Waals surface area contributed by atoms with E-state index in [9.17, 15) is 9.59 Å². The number of carbonyl (C=O) groups excluding carboxylic acids is 1. The zero-order chi connectivity index (χ0) is 15.5. The van der Waals surface area contributed by atoms with Crippen LogP contribution in [0.2, 0.25) is 0 Å². The van der Waals surface area contributed by atoms with Gasteiger partial charge in [0, 0.05) is 23.6 Å². The summed E-state index contributed by atoms with van der Waals surface area (Å²) in [6, 6.07) is 7.04. The van der Waals surface area contributed by atoms with E-state index in [2.05, 4.69) is 4.90 Å². The molecule has 1 N–H and O–H groups in total. The van der Waals surface area contributed by atoms with Crippen LogP contribution in [-0.2, 0) is 11.2 Å². The smallest absolute Gasteiger partial charge is 0.335 e. The monoisotopic (exact) mass is 319 g/mol. The Bertz CT molecular complexity index is 556. The zero-order valence-electron chi connectivity index (χ0n) is 12.5. The molecule has 0 spiro atoms. The fraction of sp³-hybridized carbons (Fsp3) is 0.529. The summed E-state index contributed by atoms with van der Waals surface area (Å²) >= 11 is 2.02. The van der Waals surface area contributed by atoms with E-state index in [0.717, 1.165) is 24.3 Å². The van der Waals surface area contributed by atoms with Gasteiger partial charge >= 0.3 is 5.97 Å². The Kier molecular flexibility index (Phi) is 4.71. The highest BCUT2D eigenvalue weighted by atomic mass is 32.2. The molecule has 1 heterocycles. The maximum Gasteiger partial charge on any atom is 0.335 e. The van der Waals surface area contributed by atoms with Crippen molar-refractivity contribution < 1.29 is 14.7 Å². The van der Waals surface area contributed by atoms with Crippen LogP contribution in [0.15, 0.2) is 24.3 Å². The number of rotatable bonds is 3. The Hall–Kier alpha value is -1.49. The van der Waals surface area contributed by atoms with Gasteiger partial charge in [0.25, 0.3) is 0 Å². The number of nitrogens with zero attached hydrogens (tertiary/aromatic N) is 1. The van der Waals surface area contributed by atoms with Crippen molar-refractivity contribution in [3.8, 4) is 0 Å². The van der Waals surface area contributed by atoms with Crippen LogP contribution in [0.1, 0.15) is 41.6 Å². The van der Waals surface area contributed by atoms with E-state index in [4.69, 9.17) is 5.11 Å². The first kappa shape index (κ1) is 15.4. The van der Waals surface area contributed by atoms with Gasteiger partial charge in [0.2, 0.25) is 5.91 Å². The predicted octanol–water partition coefficient (Wildman–Crippen LogP) is 2.81. The van der Waals surface area contributed by atoms with Gasteiger partial charge in [0.1, 0.15) is 0 Å². The van der Waals surface area contributed by atoms with Crippen molar-refractivity contribution in [1.29, 1.82) is 0 Å². The Balaban J connectivity index is 1.66.